The number of benzene rings is 1. The summed E-state index contributed by atoms with van der Waals surface area (Å²) in [5.41, 5.74) is 0.970. The molecule has 2 saturated heterocycles. The van der Waals surface area contributed by atoms with Gasteiger partial charge in [-0.25, -0.2) is 0 Å². The van der Waals surface area contributed by atoms with Crippen molar-refractivity contribution in [2.45, 2.75) is 11.7 Å². The Bertz CT molecular complexity index is 647. The Morgan fingerprint density at radius 2 is 1.91 bits per heavy atom. The summed E-state index contributed by atoms with van der Waals surface area (Å²) in [7, 11) is 0. The highest BCUT2D eigenvalue weighted by atomic mass is 35.5. The SMILES string of the molecule is O=C1NC(=O)[C@H](CC(=O)N2CCN(c3ccccc3Cl)CC2)S1. The Morgan fingerprint density at radius 3 is 2.52 bits per heavy atom. The van der Waals surface area contributed by atoms with E-state index < -0.39 is 5.25 Å². The second-order valence-corrected chi connectivity index (χ2v) is 6.99. The molecule has 0 radical (unpaired) electrons. The number of anilines is 1. The summed E-state index contributed by atoms with van der Waals surface area (Å²) in [4.78, 5) is 38.9. The van der Waals surface area contributed by atoms with Gasteiger partial charge in [0, 0.05) is 32.6 Å². The molecule has 0 bridgehead atoms. The second-order valence-electron chi connectivity index (χ2n) is 5.41. The first-order valence-electron chi connectivity index (χ1n) is 7.33. The molecule has 122 valence electrons. The van der Waals surface area contributed by atoms with Crippen LogP contribution in [0.15, 0.2) is 24.3 Å². The molecule has 2 aliphatic heterocycles. The molecule has 0 aliphatic carbocycles. The van der Waals surface area contributed by atoms with Crippen LogP contribution in [0.5, 0.6) is 0 Å². The van der Waals surface area contributed by atoms with Crippen LogP contribution >= 0.6 is 23.4 Å². The fraction of sp³-hybridized carbons (Fsp3) is 0.400. The Morgan fingerprint density at radius 1 is 1.22 bits per heavy atom. The van der Waals surface area contributed by atoms with Gasteiger partial charge in [-0.15, -0.1) is 0 Å². The van der Waals surface area contributed by atoms with Crippen LogP contribution in [0.3, 0.4) is 0 Å². The number of carbonyl (C=O) groups is 3. The summed E-state index contributed by atoms with van der Waals surface area (Å²) in [6.45, 7) is 2.55. The first-order chi connectivity index (χ1) is 11.0. The minimum atomic E-state index is -0.600. The summed E-state index contributed by atoms with van der Waals surface area (Å²) in [6.07, 6.45) is 0.0638. The first-order valence-corrected chi connectivity index (χ1v) is 8.59. The predicted octanol–water partition coefficient (Wildman–Crippen LogP) is 1.73. The Kier molecular flexibility index (Phi) is 4.77. The maximum absolute atomic E-state index is 12.3. The highest BCUT2D eigenvalue weighted by molar-refractivity contribution is 8.15. The van der Waals surface area contributed by atoms with Gasteiger partial charge in [0.2, 0.25) is 11.8 Å². The third kappa shape index (κ3) is 3.61. The van der Waals surface area contributed by atoms with Gasteiger partial charge in [-0.1, -0.05) is 35.5 Å². The van der Waals surface area contributed by atoms with Gasteiger partial charge in [0.1, 0.15) is 5.25 Å². The molecule has 0 spiro atoms. The zero-order valence-corrected chi connectivity index (χ0v) is 13.9. The molecule has 2 aliphatic rings. The van der Waals surface area contributed by atoms with Crippen LogP contribution in [-0.2, 0) is 9.59 Å². The second kappa shape index (κ2) is 6.80. The molecule has 0 saturated carbocycles. The van der Waals surface area contributed by atoms with Crippen molar-refractivity contribution in [2.24, 2.45) is 0 Å². The number of imide groups is 1. The number of hydrogen-bond donors (Lipinski definition) is 1. The summed E-state index contributed by atoms with van der Waals surface area (Å²) < 4.78 is 0. The summed E-state index contributed by atoms with van der Waals surface area (Å²) >= 11 is 7.09. The lowest BCUT2D eigenvalue weighted by Gasteiger charge is -2.36. The topological polar surface area (TPSA) is 69.7 Å². The first kappa shape index (κ1) is 16.1. The summed E-state index contributed by atoms with van der Waals surface area (Å²) in [6, 6.07) is 7.63. The number of rotatable bonds is 3. The number of thioether (sulfide) groups is 1. The zero-order chi connectivity index (χ0) is 16.4. The number of nitrogens with zero attached hydrogens (tertiary/aromatic N) is 2. The number of amides is 3. The average molecular weight is 354 g/mol. The summed E-state index contributed by atoms with van der Waals surface area (Å²) in [5, 5.41) is 1.92. The van der Waals surface area contributed by atoms with Crippen molar-refractivity contribution >= 4 is 46.1 Å². The molecule has 2 heterocycles. The van der Waals surface area contributed by atoms with Gasteiger partial charge in [0.25, 0.3) is 5.24 Å². The fourth-order valence-electron chi connectivity index (χ4n) is 2.72. The van der Waals surface area contributed by atoms with E-state index in [9.17, 15) is 14.4 Å². The minimum Gasteiger partial charge on any atom is -0.367 e. The number of para-hydroxylation sites is 1. The molecule has 3 amide bonds. The lowest BCUT2D eigenvalue weighted by Crippen LogP contribution is -2.49. The van der Waals surface area contributed by atoms with Crippen LogP contribution < -0.4 is 10.2 Å². The maximum Gasteiger partial charge on any atom is 0.286 e. The molecule has 1 N–H and O–H groups in total. The van der Waals surface area contributed by atoms with Crippen LogP contribution in [0.4, 0.5) is 10.5 Å². The van der Waals surface area contributed by atoms with E-state index in [1.807, 2.05) is 24.3 Å². The highest BCUT2D eigenvalue weighted by Crippen LogP contribution is 2.27. The lowest BCUT2D eigenvalue weighted by atomic mass is 10.2. The van der Waals surface area contributed by atoms with E-state index in [0.717, 1.165) is 17.4 Å². The monoisotopic (exact) mass is 353 g/mol. The van der Waals surface area contributed by atoms with Crippen molar-refractivity contribution < 1.29 is 14.4 Å². The van der Waals surface area contributed by atoms with Gasteiger partial charge in [0.15, 0.2) is 0 Å². The molecular formula is C15H16ClN3O3S. The van der Waals surface area contributed by atoms with Crippen molar-refractivity contribution in [3.05, 3.63) is 29.3 Å². The van der Waals surface area contributed by atoms with Gasteiger partial charge in [-0.05, 0) is 12.1 Å². The van der Waals surface area contributed by atoms with Crippen molar-refractivity contribution in [1.82, 2.24) is 10.2 Å². The van der Waals surface area contributed by atoms with E-state index in [-0.39, 0.29) is 23.5 Å². The molecule has 0 unspecified atom stereocenters. The standard InChI is InChI=1S/C15H16ClN3O3S/c16-10-3-1-2-4-11(10)18-5-7-19(8-6-18)13(20)9-12-14(21)17-15(22)23-12/h1-4,12H,5-9H2,(H,17,21,22)/t12-/m0/s1. The van der Waals surface area contributed by atoms with Gasteiger partial charge in [-0.3, -0.25) is 19.7 Å². The molecule has 2 fully saturated rings. The van der Waals surface area contributed by atoms with Gasteiger partial charge < -0.3 is 9.80 Å². The third-order valence-corrected chi connectivity index (χ3v) is 5.25. The molecule has 23 heavy (non-hydrogen) atoms. The van der Waals surface area contributed by atoms with E-state index in [0.29, 0.717) is 31.2 Å². The number of carbonyl (C=O) groups excluding carboxylic acids is 3. The number of halogens is 1. The number of hydrogen-bond acceptors (Lipinski definition) is 5. The largest absolute Gasteiger partial charge is 0.367 e. The van der Waals surface area contributed by atoms with Gasteiger partial charge in [-0.2, -0.15) is 0 Å². The van der Waals surface area contributed by atoms with Crippen molar-refractivity contribution in [2.75, 3.05) is 31.1 Å². The van der Waals surface area contributed by atoms with Crippen molar-refractivity contribution in [3.63, 3.8) is 0 Å². The lowest BCUT2D eigenvalue weighted by molar-refractivity contribution is -0.133. The smallest absolute Gasteiger partial charge is 0.286 e. The van der Waals surface area contributed by atoms with Gasteiger partial charge >= 0.3 is 0 Å². The van der Waals surface area contributed by atoms with Crippen LogP contribution in [0.1, 0.15) is 6.42 Å². The Labute approximate surface area is 143 Å². The molecular weight excluding hydrogens is 338 g/mol. The highest BCUT2D eigenvalue weighted by Gasteiger charge is 2.35. The van der Waals surface area contributed by atoms with Crippen LogP contribution in [0, 0.1) is 0 Å². The molecule has 3 rings (SSSR count). The number of nitrogens with one attached hydrogen (secondary N) is 1. The number of piperazine rings is 1. The fourth-order valence-corrected chi connectivity index (χ4v) is 3.79. The third-order valence-electron chi connectivity index (χ3n) is 3.95. The maximum atomic E-state index is 12.3. The molecule has 6 nitrogen and oxygen atoms in total. The van der Waals surface area contributed by atoms with Crippen molar-refractivity contribution in [3.8, 4) is 0 Å². The minimum absolute atomic E-state index is 0.0638. The van der Waals surface area contributed by atoms with E-state index >= 15 is 0 Å². The van der Waals surface area contributed by atoms with Crippen molar-refractivity contribution in [1.29, 1.82) is 0 Å². The van der Waals surface area contributed by atoms with E-state index in [2.05, 4.69) is 10.2 Å². The Hall–Kier alpha value is -1.73. The predicted molar refractivity (Wildman–Crippen MR) is 89.8 cm³/mol. The van der Waals surface area contributed by atoms with E-state index in [4.69, 9.17) is 11.6 Å². The van der Waals surface area contributed by atoms with Gasteiger partial charge in [0.05, 0.1) is 10.7 Å². The zero-order valence-electron chi connectivity index (χ0n) is 12.3. The summed E-state index contributed by atoms with van der Waals surface area (Å²) in [5.74, 6) is -0.464. The molecule has 1 aromatic rings. The van der Waals surface area contributed by atoms with E-state index in [1.54, 1.807) is 4.90 Å². The quantitative estimate of drug-likeness (QED) is 0.896. The van der Waals surface area contributed by atoms with E-state index in [1.165, 1.54) is 0 Å². The van der Waals surface area contributed by atoms with Crippen LogP contribution in [-0.4, -0.2) is 53.4 Å². The molecule has 1 aromatic carbocycles. The molecule has 0 aromatic heterocycles. The molecule has 1 atom stereocenters. The molecule has 8 heteroatoms. The normalized spacial score (nSPS) is 21.5. The van der Waals surface area contributed by atoms with Crippen LogP contribution in [0.2, 0.25) is 5.02 Å². The van der Waals surface area contributed by atoms with Crippen LogP contribution in [0.25, 0.3) is 0 Å². The average Bonchev–Trinajstić information content (AvgIpc) is 2.85. The Balaban J connectivity index is 1.54.